The van der Waals surface area contributed by atoms with E-state index >= 15 is 0 Å². The topological polar surface area (TPSA) is 48.3 Å². The Labute approximate surface area is 130 Å². The van der Waals surface area contributed by atoms with Crippen molar-refractivity contribution in [1.29, 1.82) is 0 Å². The van der Waals surface area contributed by atoms with Crippen molar-refractivity contribution in [3.8, 4) is 0 Å². The summed E-state index contributed by atoms with van der Waals surface area (Å²) >= 11 is 0. The minimum absolute atomic E-state index is 0.190. The molecule has 0 radical (unpaired) electrons. The standard InChI is InChI=1S/C18H21NO3/c1-3-4-6-14-8-10-15(11-9-14)17(20)13-22-18(21)16-7-5-12-19(16)2/h5,7-12H,3-4,6,13H2,1-2H3. The van der Waals surface area contributed by atoms with Crippen LogP contribution < -0.4 is 0 Å². The number of aromatic nitrogens is 1. The van der Waals surface area contributed by atoms with E-state index in [0.29, 0.717) is 11.3 Å². The smallest absolute Gasteiger partial charge is 0.355 e. The van der Waals surface area contributed by atoms with Crippen LogP contribution in [0.15, 0.2) is 42.6 Å². The number of nitrogens with zero attached hydrogens (tertiary/aromatic N) is 1. The molecule has 116 valence electrons. The molecule has 0 unspecified atom stereocenters. The molecule has 0 aliphatic carbocycles. The van der Waals surface area contributed by atoms with E-state index in [4.69, 9.17) is 4.74 Å². The summed E-state index contributed by atoms with van der Waals surface area (Å²) in [5.41, 5.74) is 2.22. The van der Waals surface area contributed by atoms with E-state index in [1.54, 1.807) is 42.1 Å². The van der Waals surface area contributed by atoms with Gasteiger partial charge in [0.15, 0.2) is 12.4 Å². The van der Waals surface area contributed by atoms with Crippen LogP contribution in [0.25, 0.3) is 0 Å². The lowest BCUT2D eigenvalue weighted by Crippen LogP contribution is -2.16. The van der Waals surface area contributed by atoms with Crippen molar-refractivity contribution in [3.05, 3.63) is 59.4 Å². The first kappa shape index (κ1) is 16.0. The highest BCUT2D eigenvalue weighted by atomic mass is 16.5. The zero-order chi connectivity index (χ0) is 15.9. The van der Waals surface area contributed by atoms with Gasteiger partial charge in [-0.3, -0.25) is 4.79 Å². The first-order valence-corrected chi connectivity index (χ1v) is 7.52. The molecule has 2 aromatic rings. The lowest BCUT2D eigenvalue weighted by atomic mass is 10.0. The maximum absolute atomic E-state index is 12.0. The lowest BCUT2D eigenvalue weighted by Gasteiger charge is -2.06. The van der Waals surface area contributed by atoms with Gasteiger partial charge in [-0.1, -0.05) is 37.6 Å². The zero-order valence-corrected chi connectivity index (χ0v) is 13.0. The van der Waals surface area contributed by atoms with Crippen molar-refractivity contribution in [2.75, 3.05) is 6.61 Å². The molecule has 0 aliphatic rings. The van der Waals surface area contributed by atoms with Crippen LogP contribution in [0.5, 0.6) is 0 Å². The number of rotatable bonds is 7. The zero-order valence-electron chi connectivity index (χ0n) is 13.0. The number of benzene rings is 1. The molecule has 0 spiro atoms. The van der Waals surface area contributed by atoms with Crippen molar-refractivity contribution < 1.29 is 14.3 Å². The molecule has 0 aliphatic heterocycles. The van der Waals surface area contributed by atoms with Gasteiger partial charge < -0.3 is 9.30 Å². The van der Waals surface area contributed by atoms with Crippen molar-refractivity contribution in [3.63, 3.8) is 0 Å². The molecule has 1 aromatic carbocycles. The number of hydrogen-bond acceptors (Lipinski definition) is 3. The fraction of sp³-hybridized carbons (Fsp3) is 0.333. The lowest BCUT2D eigenvalue weighted by molar-refractivity contribution is 0.0465. The van der Waals surface area contributed by atoms with Crippen LogP contribution in [0, 0.1) is 0 Å². The quantitative estimate of drug-likeness (QED) is 0.581. The minimum Gasteiger partial charge on any atom is -0.453 e. The van der Waals surface area contributed by atoms with Gasteiger partial charge >= 0.3 is 5.97 Å². The third-order valence-corrected chi connectivity index (χ3v) is 3.58. The highest BCUT2D eigenvalue weighted by Crippen LogP contribution is 2.09. The molecular weight excluding hydrogens is 278 g/mol. The van der Waals surface area contributed by atoms with Gasteiger partial charge in [-0.25, -0.2) is 4.79 Å². The molecule has 4 heteroatoms. The van der Waals surface area contributed by atoms with E-state index in [0.717, 1.165) is 19.3 Å². The average Bonchev–Trinajstić information content (AvgIpc) is 2.97. The molecule has 0 saturated carbocycles. The number of carbonyl (C=O) groups is 2. The fourth-order valence-corrected chi connectivity index (χ4v) is 2.20. The number of ketones is 1. The molecule has 4 nitrogen and oxygen atoms in total. The molecule has 0 saturated heterocycles. The second-order valence-corrected chi connectivity index (χ2v) is 5.30. The van der Waals surface area contributed by atoms with Crippen molar-refractivity contribution in [1.82, 2.24) is 4.57 Å². The molecule has 22 heavy (non-hydrogen) atoms. The first-order valence-electron chi connectivity index (χ1n) is 7.52. The summed E-state index contributed by atoms with van der Waals surface area (Å²) in [6.45, 7) is 1.91. The maximum atomic E-state index is 12.0. The van der Waals surface area contributed by atoms with Gasteiger partial charge in [-0.15, -0.1) is 0 Å². The Balaban J connectivity index is 1.89. The van der Waals surface area contributed by atoms with Crippen molar-refractivity contribution in [2.45, 2.75) is 26.2 Å². The van der Waals surface area contributed by atoms with E-state index in [-0.39, 0.29) is 12.4 Å². The normalized spacial score (nSPS) is 10.5. The van der Waals surface area contributed by atoms with Crippen LogP contribution in [-0.4, -0.2) is 22.9 Å². The van der Waals surface area contributed by atoms with Crippen LogP contribution in [0.3, 0.4) is 0 Å². The van der Waals surface area contributed by atoms with Crippen LogP contribution >= 0.6 is 0 Å². The Morgan fingerprint density at radius 3 is 2.45 bits per heavy atom. The summed E-state index contributed by atoms with van der Waals surface area (Å²) in [4.78, 5) is 23.9. The summed E-state index contributed by atoms with van der Waals surface area (Å²) in [5, 5.41) is 0. The van der Waals surface area contributed by atoms with Crippen molar-refractivity contribution in [2.24, 2.45) is 7.05 Å². The Kier molecular flexibility index (Phi) is 5.53. The third-order valence-electron chi connectivity index (χ3n) is 3.58. The number of esters is 1. The Hall–Kier alpha value is -2.36. The third kappa shape index (κ3) is 4.07. The van der Waals surface area contributed by atoms with E-state index in [1.807, 2.05) is 12.1 Å². The van der Waals surface area contributed by atoms with Gasteiger partial charge in [0.1, 0.15) is 5.69 Å². The monoisotopic (exact) mass is 299 g/mol. The molecule has 0 N–H and O–H groups in total. The van der Waals surface area contributed by atoms with E-state index in [1.165, 1.54) is 5.56 Å². The van der Waals surface area contributed by atoms with Gasteiger partial charge in [0.2, 0.25) is 0 Å². The molecule has 1 aromatic heterocycles. The highest BCUT2D eigenvalue weighted by Gasteiger charge is 2.13. The van der Waals surface area contributed by atoms with Gasteiger partial charge in [-0.2, -0.15) is 0 Å². The number of Topliss-reactive ketones (excluding diaryl/α,β-unsaturated/α-hetero) is 1. The van der Waals surface area contributed by atoms with Crippen LogP contribution in [0.2, 0.25) is 0 Å². The number of unbranched alkanes of at least 4 members (excludes halogenated alkanes) is 1. The predicted molar refractivity (Wildman–Crippen MR) is 85.1 cm³/mol. The first-order chi connectivity index (χ1) is 10.6. The van der Waals surface area contributed by atoms with Gasteiger partial charge in [0.25, 0.3) is 0 Å². The second-order valence-electron chi connectivity index (χ2n) is 5.30. The number of carbonyl (C=O) groups excluding carboxylic acids is 2. The summed E-state index contributed by atoms with van der Waals surface area (Å²) < 4.78 is 6.73. The van der Waals surface area contributed by atoms with Gasteiger partial charge in [-0.05, 0) is 30.5 Å². The van der Waals surface area contributed by atoms with Crippen molar-refractivity contribution >= 4 is 11.8 Å². The Morgan fingerprint density at radius 2 is 1.86 bits per heavy atom. The molecule has 0 atom stereocenters. The maximum Gasteiger partial charge on any atom is 0.355 e. The summed E-state index contributed by atoms with van der Waals surface area (Å²) in [7, 11) is 1.76. The minimum atomic E-state index is -0.486. The number of aryl methyl sites for hydroxylation is 2. The van der Waals surface area contributed by atoms with Crippen LogP contribution in [0.1, 0.15) is 46.2 Å². The molecule has 0 amide bonds. The van der Waals surface area contributed by atoms with Gasteiger partial charge in [0.05, 0.1) is 0 Å². The average molecular weight is 299 g/mol. The summed E-state index contributed by atoms with van der Waals surface area (Å²) in [5.74, 6) is -0.676. The molecule has 2 rings (SSSR count). The second kappa shape index (κ2) is 7.59. The van der Waals surface area contributed by atoms with E-state index in [9.17, 15) is 9.59 Å². The Bertz CT molecular complexity index is 641. The van der Waals surface area contributed by atoms with E-state index in [2.05, 4.69) is 6.92 Å². The number of hydrogen-bond donors (Lipinski definition) is 0. The predicted octanol–water partition coefficient (Wildman–Crippen LogP) is 3.41. The fourth-order valence-electron chi connectivity index (χ4n) is 2.20. The van der Waals surface area contributed by atoms with E-state index < -0.39 is 5.97 Å². The summed E-state index contributed by atoms with van der Waals surface area (Å²) in [6, 6.07) is 10.9. The van der Waals surface area contributed by atoms with Crippen LogP contribution in [-0.2, 0) is 18.2 Å². The molecule has 0 bridgehead atoms. The molecule has 1 heterocycles. The molecule has 0 fully saturated rings. The molecular formula is C18H21NO3. The SMILES string of the molecule is CCCCc1ccc(C(=O)COC(=O)c2cccn2C)cc1. The Morgan fingerprint density at radius 1 is 1.14 bits per heavy atom. The number of ether oxygens (including phenoxy) is 1. The largest absolute Gasteiger partial charge is 0.453 e. The van der Waals surface area contributed by atoms with Crippen LogP contribution in [0.4, 0.5) is 0 Å². The highest BCUT2D eigenvalue weighted by molar-refractivity contribution is 5.99. The summed E-state index contributed by atoms with van der Waals surface area (Å²) in [6.07, 6.45) is 5.07. The van der Waals surface area contributed by atoms with Gasteiger partial charge in [0, 0.05) is 18.8 Å².